The van der Waals surface area contributed by atoms with Crippen molar-refractivity contribution in [1.29, 1.82) is 5.26 Å². The van der Waals surface area contributed by atoms with Crippen LogP contribution in [0, 0.1) is 18.3 Å². The fourth-order valence-electron chi connectivity index (χ4n) is 4.08. The summed E-state index contributed by atoms with van der Waals surface area (Å²) in [6.45, 7) is 3.69. The number of nitriles is 1. The van der Waals surface area contributed by atoms with E-state index >= 15 is 0 Å². The predicted octanol–water partition coefficient (Wildman–Crippen LogP) is 3.57. The number of nitrogens with one attached hydrogen (secondary N) is 1. The predicted molar refractivity (Wildman–Crippen MR) is 136 cm³/mol. The van der Waals surface area contributed by atoms with E-state index in [1.807, 2.05) is 62.4 Å². The lowest BCUT2D eigenvalue weighted by Gasteiger charge is -2.21. The van der Waals surface area contributed by atoms with Crippen LogP contribution in [0.3, 0.4) is 0 Å². The molecule has 0 aliphatic rings. The standard InChI is InChI=1S/C26H21N9O/c1-15-11-17(14-30-34-15)20-9-6-10-21-22(20)25(36)35(19-7-4-3-5-8-19)24(32-21)16(2)31-23-18(12-27)13-29-26(28)33-23/h3-11,13-14,16H,1-2H3,(H3,28,29,31,33)/t16-/m0/s1. The maximum atomic E-state index is 14.1. The van der Waals surface area contributed by atoms with Crippen LogP contribution >= 0.6 is 0 Å². The number of fused-ring (bicyclic) bond motifs is 1. The Morgan fingerprint density at radius 1 is 1.08 bits per heavy atom. The van der Waals surface area contributed by atoms with E-state index < -0.39 is 6.04 Å². The van der Waals surface area contributed by atoms with Crippen molar-refractivity contribution in [1.82, 2.24) is 29.7 Å². The molecule has 5 rings (SSSR count). The lowest BCUT2D eigenvalue weighted by atomic mass is 10.0. The van der Waals surface area contributed by atoms with Crippen molar-refractivity contribution in [3.63, 3.8) is 0 Å². The molecular weight excluding hydrogens is 454 g/mol. The van der Waals surface area contributed by atoms with Gasteiger partial charge in [0.25, 0.3) is 5.56 Å². The van der Waals surface area contributed by atoms with Gasteiger partial charge in [0.1, 0.15) is 23.3 Å². The van der Waals surface area contributed by atoms with Crippen LogP contribution in [0.15, 0.2) is 71.8 Å². The highest BCUT2D eigenvalue weighted by atomic mass is 16.1. The second-order valence-electron chi connectivity index (χ2n) is 8.20. The largest absolute Gasteiger partial charge is 0.368 e. The highest BCUT2D eigenvalue weighted by Gasteiger charge is 2.21. The van der Waals surface area contributed by atoms with Gasteiger partial charge in [-0.3, -0.25) is 9.36 Å². The molecule has 0 saturated carbocycles. The Hall–Kier alpha value is -5.17. The van der Waals surface area contributed by atoms with Gasteiger partial charge in [0.2, 0.25) is 5.95 Å². The highest BCUT2D eigenvalue weighted by Crippen LogP contribution is 2.28. The average Bonchev–Trinajstić information content (AvgIpc) is 2.89. The van der Waals surface area contributed by atoms with Crippen molar-refractivity contribution in [3.05, 3.63) is 94.4 Å². The Bertz CT molecular complexity index is 1690. The van der Waals surface area contributed by atoms with Crippen molar-refractivity contribution in [2.45, 2.75) is 19.9 Å². The van der Waals surface area contributed by atoms with Crippen molar-refractivity contribution >= 4 is 22.7 Å². The summed E-state index contributed by atoms with van der Waals surface area (Å²) in [4.78, 5) is 27.1. The summed E-state index contributed by atoms with van der Waals surface area (Å²) in [7, 11) is 0. The molecule has 0 spiro atoms. The zero-order chi connectivity index (χ0) is 25.2. The van der Waals surface area contributed by atoms with Gasteiger partial charge in [-0.05, 0) is 43.7 Å². The zero-order valence-electron chi connectivity index (χ0n) is 19.5. The first kappa shape index (κ1) is 22.6. The van der Waals surface area contributed by atoms with Crippen LogP contribution in [0.25, 0.3) is 27.7 Å². The number of aromatic nitrogens is 6. The maximum Gasteiger partial charge on any atom is 0.266 e. The number of nitrogens with two attached hydrogens (primary N) is 1. The van der Waals surface area contributed by atoms with E-state index in [0.717, 1.165) is 16.8 Å². The van der Waals surface area contributed by atoms with E-state index in [-0.39, 0.29) is 22.9 Å². The average molecular weight is 476 g/mol. The molecule has 36 heavy (non-hydrogen) atoms. The van der Waals surface area contributed by atoms with Gasteiger partial charge in [-0.1, -0.05) is 30.3 Å². The SMILES string of the molecule is Cc1cc(-c2cccc3nc([C@H](C)Nc4nc(N)ncc4C#N)n(-c4ccccc4)c(=O)c23)cnn1. The van der Waals surface area contributed by atoms with E-state index in [4.69, 9.17) is 10.7 Å². The third kappa shape index (κ3) is 4.10. The number of anilines is 2. The summed E-state index contributed by atoms with van der Waals surface area (Å²) >= 11 is 0. The number of nitrogen functional groups attached to an aromatic ring is 1. The molecule has 10 nitrogen and oxygen atoms in total. The molecule has 0 aliphatic carbocycles. The monoisotopic (exact) mass is 475 g/mol. The first-order valence-electron chi connectivity index (χ1n) is 11.2. The number of rotatable bonds is 5. The number of benzene rings is 2. The lowest BCUT2D eigenvalue weighted by molar-refractivity contribution is 0.730. The Morgan fingerprint density at radius 2 is 1.89 bits per heavy atom. The van der Waals surface area contributed by atoms with Crippen molar-refractivity contribution in [3.8, 4) is 22.9 Å². The molecule has 0 radical (unpaired) electrons. The van der Waals surface area contributed by atoms with Gasteiger partial charge in [-0.2, -0.15) is 20.4 Å². The van der Waals surface area contributed by atoms with Crippen LogP contribution in [0.1, 0.15) is 30.0 Å². The van der Waals surface area contributed by atoms with Gasteiger partial charge in [0.15, 0.2) is 0 Å². The summed E-state index contributed by atoms with van der Waals surface area (Å²) in [5.41, 5.74) is 9.17. The van der Waals surface area contributed by atoms with Crippen molar-refractivity contribution in [2.75, 3.05) is 11.1 Å². The number of para-hydroxylation sites is 1. The van der Waals surface area contributed by atoms with Crippen LogP contribution in [0.4, 0.5) is 11.8 Å². The molecule has 3 N–H and O–H groups in total. The van der Waals surface area contributed by atoms with Gasteiger partial charge in [-0.25, -0.2) is 9.97 Å². The van der Waals surface area contributed by atoms with Crippen LogP contribution in [0.5, 0.6) is 0 Å². The topological polar surface area (TPSA) is 148 Å². The molecule has 0 bridgehead atoms. The fourth-order valence-corrected chi connectivity index (χ4v) is 4.08. The van der Waals surface area contributed by atoms with E-state index in [1.54, 1.807) is 16.8 Å². The van der Waals surface area contributed by atoms with E-state index in [2.05, 4.69) is 31.6 Å². The Morgan fingerprint density at radius 3 is 2.64 bits per heavy atom. The van der Waals surface area contributed by atoms with Crippen LogP contribution in [-0.4, -0.2) is 29.7 Å². The minimum absolute atomic E-state index is 0.0292. The molecular formula is C26H21N9O. The molecule has 0 fully saturated rings. The molecule has 176 valence electrons. The summed E-state index contributed by atoms with van der Waals surface area (Å²) in [6.07, 6.45) is 2.99. The van der Waals surface area contributed by atoms with Crippen LogP contribution < -0.4 is 16.6 Å². The summed E-state index contributed by atoms with van der Waals surface area (Å²) in [6, 6.07) is 18.2. The number of nitrogens with zero attached hydrogens (tertiary/aromatic N) is 7. The summed E-state index contributed by atoms with van der Waals surface area (Å²) in [5.74, 6) is 0.737. The van der Waals surface area contributed by atoms with Gasteiger partial charge < -0.3 is 11.1 Å². The van der Waals surface area contributed by atoms with E-state index in [1.165, 1.54) is 6.20 Å². The second-order valence-corrected chi connectivity index (χ2v) is 8.20. The van der Waals surface area contributed by atoms with Crippen LogP contribution in [0.2, 0.25) is 0 Å². The molecule has 1 atom stereocenters. The third-order valence-electron chi connectivity index (χ3n) is 5.69. The molecule has 3 aromatic heterocycles. The van der Waals surface area contributed by atoms with Gasteiger partial charge in [0, 0.05) is 5.56 Å². The fraction of sp³-hybridized carbons (Fsp3) is 0.115. The van der Waals surface area contributed by atoms with E-state index in [9.17, 15) is 10.1 Å². The molecule has 0 saturated heterocycles. The second kappa shape index (κ2) is 9.23. The maximum absolute atomic E-state index is 14.1. The zero-order valence-corrected chi connectivity index (χ0v) is 19.5. The molecule has 0 amide bonds. The number of aryl methyl sites for hydroxylation is 1. The molecule has 5 aromatic rings. The quantitative estimate of drug-likeness (QED) is 0.389. The molecule has 3 heterocycles. The number of hydrogen-bond acceptors (Lipinski definition) is 9. The number of hydrogen-bond donors (Lipinski definition) is 2. The smallest absolute Gasteiger partial charge is 0.266 e. The highest BCUT2D eigenvalue weighted by molar-refractivity contribution is 5.94. The summed E-state index contributed by atoms with van der Waals surface area (Å²) < 4.78 is 1.57. The van der Waals surface area contributed by atoms with Crippen molar-refractivity contribution < 1.29 is 0 Å². The molecule has 0 aliphatic heterocycles. The molecule has 2 aromatic carbocycles. The van der Waals surface area contributed by atoms with Gasteiger partial charge >= 0.3 is 0 Å². The first-order valence-corrected chi connectivity index (χ1v) is 11.2. The third-order valence-corrected chi connectivity index (χ3v) is 5.69. The first-order chi connectivity index (χ1) is 17.5. The Balaban J connectivity index is 1.75. The van der Waals surface area contributed by atoms with Gasteiger partial charge in [0.05, 0.1) is 40.7 Å². The summed E-state index contributed by atoms with van der Waals surface area (Å²) in [5, 5.41) is 21.2. The Kier molecular flexibility index (Phi) is 5.80. The van der Waals surface area contributed by atoms with Gasteiger partial charge in [-0.15, -0.1) is 0 Å². The minimum atomic E-state index is -0.516. The van der Waals surface area contributed by atoms with Crippen LogP contribution in [-0.2, 0) is 0 Å². The molecule has 10 heteroatoms. The molecule has 0 unspecified atom stereocenters. The Labute approximate surface area is 206 Å². The minimum Gasteiger partial charge on any atom is -0.368 e. The van der Waals surface area contributed by atoms with Crippen molar-refractivity contribution in [2.24, 2.45) is 0 Å². The van der Waals surface area contributed by atoms with E-state index in [0.29, 0.717) is 22.4 Å². The lowest BCUT2D eigenvalue weighted by Crippen LogP contribution is -2.28. The normalized spacial score (nSPS) is 11.7.